The molecule has 0 spiro atoms. The van der Waals surface area contributed by atoms with Crippen LogP contribution in [0.15, 0.2) is 60.0 Å². The molecule has 0 aliphatic carbocycles. The smallest absolute Gasteiger partial charge is 0.295 e. The fraction of sp³-hybridized carbons (Fsp3) is 0.259. The Morgan fingerprint density at radius 3 is 2.29 bits per heavy atom. The van der Waals surface area contributed by atoms with Crippen LogP contribution >= 0.6 is 11.3 Å². The minimum Gasteiger partial charge on any atom is -0.496 e. The molecule has 2 unspecified atom stereocenters. The SMILES string of the molecule is COc1ccccc1C1C(C(=O)C(C)(C)C)C(=O)C(=O)N1c1ccc(-c2csc(C=O)c2)cc1. The normalized spacial score (nSPS) is 18.3. The van der Waals surface area contributed by atoms with Gasteiger partial charge in [-0.05, 0) is 40.8 Å². The van der Waals surface area contributed by atoms with Crippen molar-refractivity contribution in [2.75, 3.05) is 12.0 Å². The topological polar surface area (TPSA) is 80.8 Å². The van der Waals surface area contributed by atoms with Crippen molar-refractivity contribution < 1.29 is 23.9 Å². The Morgan fingerprint density at radius 1 is 1.03 bits per heavy atom. The van der Waals surface area contributed by atoms with Crippen molar-refractivity contribution in [2.45, 2.75) is 26.8 Å². The van der Waals surface area contributed by atoms with Gasteiger partial charge >= 0.3 is 0 Å². The zero-order valence-corrected chi connectivity index (χ0v) is 20.2. The van der Waals surface area contributed by atoms with Crippen molar-refractivity contribution in [1.82, 2.24) is 0 Å². The molecule has 2 heterocycles. The van der Waals surface area contributed by atoms with Crippen molar-refractivity contribution in [3.63, 3.8) is 0 Å². The van der Waals surface area contributed by atoms with Gasteiger partial charge in [0.05, 0.1) is 18.0 Å². The molecule has 174 valence electrons. The Hall–Kier alpha value is -3.58. The number of methoxy groups -OCH3 is 1. The van der Waals surface area contributed by atoms with Gasteiger partial charge in [0.15, 0.2) is 12.1 Å². The highest BCUT2D eigenvalue weighted by Crippen LogP contribution is 2.45. The van der Waals surface area contributed by atoms with Crippen molar-refractivity contribution in [1.29, 1.82) is 0 Å². The maximum atomic E-state index is 13.4. The van der Waals surface area contributed by atoms with Crippen LogP contribution in [0.1, 0.15) is 42.0 Å². The van der Waals surface area contributed by atoms with Crippen molar-refractivity contribution in [2.24, 2.45) is 11.3 Å². The van der Waals surface area contributed by atoms with Crippen LogP contribution in [0, 0.1) is 11.3 Å². The maximum Gasteiger partial charge on any atom is 0.295 e. The molecule has 0 N–H and O–H groups in total. The van der Waals surface area contributed by atoms with Crippen LogP contribution in [0.4, 0.5) is 5.69 Å². The Morgan fingerprint density at radius 2 is 1.71 bits per heavy atom. The lowest BCUT2D eigenvalue weighted by atomic mass is 9.77. The first kappa shape index (κ1) is 23.6. The molecule has 2 aromatic carbocycles. The largest absolute Gasteiger partial charge is 0.496 e. The summed E-state index contributed by atoms with van der Waals surface area (Å²) in [4.78, 5) is 52.9. The summed E-state index contributed by atoms with van der Waals surface area (Å²) in [5.74, 6) is -2.36. The molecule has 1 amide bonds. The van der Waals surface area contributed by atoms with E-state index in [9.17, 15) is 19.2 Å². The van der Waals surface area contributed by atoms with Gasteiger partial charge in [-0.2, -0.15) is 0 Å². The molecule has 1 aliphatic heterocycles. The molecule has 4 rings (SSSR count). The number of ketones is 2. The average molecular weight is 476 g/mol. The molecule has 0 radical (unpaired) electrons. The summed E-state index contributed by atoms with van der Waals surface area (Å²) in [6.45, 7) is 5.24. The summed E-state index contributed by atoms with van der Waals surface area (Å²) in [5, 5.41) is 1.89. The molecule has 34 heavy (non-hydrogen) atoms. The second-order valence-corrected chi connectivity index (χ2v) is 10.2. The summed E-state index contributed by atoms with van der Waals surface area (Å²) in [6, 6.07) is 15.3. The van der Waals surface area contributed by atoms with Gasteiger partial charge in [0.2, 0.25) is 5.78 Å². The van der Waals surface area contributed by atoms with E-state index in [-0.39, 0.29) is 5.78 Å². The number of rotatable bonds is 6. The molecule has 6 nitrogen and oxygen atoms in total. The van der Waals surface area contributed by atoms with E-state index in [1.54, 1.807) is 63.2 Å². The van der Waals surface area contributed by atoms with E-state index in [0.717, 1.165) is 17.4 Å². The van der Waals surface area contributed by atoms with Crippen LogP contribution in [-0.2, 0) is 14.4 Å². The molecule has 1 saturated heterocycles. The highest BCUT2D eigenvalue weighted by Gasteiger charge is 2.54. The van der Waals surface area contributed by atoms with E-state index in [1.165, 1.54) is 23.3 Å². The minimum atomic E-state index is -1.14. The molecule has 3 aromatic rings. The van der Waals surface area contributed by atoms with Gasteiger partial charge < -0.3 is 4.74 Å². The third-order valence-corrected chi connectivity index (χ3v) is 6.86. The lowest BCUT2D eigenvalue weighted by Crippen LogP contribution is -2.36. The predicted molar refractivity (Wildman–Crippen MR) is 131 cm³/mol. The molecular weight excluding hydrogens is 450 g/mol. The summed E-state index contributed by atoms with van der Waals surface area (Å²) < 4.78 is 5.53. The second-order valence-electron chi connectivity index (χ2n) is 9.22. The number of amides is 1. The first-order valence-corrected chi connectivity index (χ1v) is 11.7. The molecule has 0 bridgehead atoms. The number of thiophene rings is 1. The standard InChI is InChI=1S/C27H25NO5S/c1-27(2,3)25(31)22-23(20-7-5-6-8-21(20)33-4)28(26(32)24(22)30)18-11-9-16(10-12-18)17-13-19(14-29)34-15-17/h5-15,22-23H,1-4H3. The highest BCUT2D eigenvalue weighted by molar-refractivity contribution is 7.12. The van der Waals surface area contributed by atoms with Gasteiger partial charge in [-0.1, -0.05) is 51.1 Å². The van der Waals surface area contributed by atoms with Gasteiger partial charge in [-0.3, -0.25) is 24.1 Å². The fourth-order valence-corrected chi connectivity index (χ4v) is 5.00. The van der Waals surface area contributed by atoms with E-state index < -0.39 is 29.1 Å². The number of hydrogen-bond donors (Lipinski definition) is 0. The predicted octanol–water partition coefficient (Wildman–Crippen LogP) is 5.12. The van der Waals surface area contributed by atoms with Gasteiger partial charge in [-0.15, -0.1) is 11.3 Å². The Kier molecular flexibility index (Phi) is 6.23. The zero-order valence-electron chi connectivity index (χ0n) is 19.4. The van der Waals surface area contributed by atoms with Gasteiger partial charge in [0.25, 0.3) is 5.91 Å². The van der Waals surface area contributed by atoms with E-state index in [4.69, 9.17) is 4.74 Å². The molecule has 0 saturated carbocycles. The van der Waals surface area contributed by atoms with Crippen LogP contribution in [0.25, 0.3) is 11.1 Å². The van der Waals surface area contributed by atoms with E-state index >= 15 is 0 Å². The van der Waals surface area contributed by atoms with Crippen LogP contribution in [-0.4, -0.2) is 30.9 Å². The molecular formula is C27H25NO5S. The molecule has 1 aliphatic rings. The van der Waals surface area contributed by atoms with E-state index in [2.05, 4.69) is 0 Å². The number of carbonyl (C=O) groups excluding carboxylic acids is 4. The number of benzene rings is 2. The first-order valence-electron chi connectivity index (χ1n) is 10.9. The summed E-state index contributed by atoms with van der Waals surface area (Å²) in [5.41, 5.74) is 2.07. The number of carbonyl (C=O) groups is 4. The number of hydrogen-bond acceptors (Lipinski definition) is 6. The summed E-state index contributed by atoms with van der Waals surface area (Å²) >= 11 is 1.35. The fourth-order valence-electron chi connectivity index (χ4n) is 4.29. The van der Waals surface area contributed by atoms with Crippen molar-refractivity contribution in [3.8, 4) is 16.9 Å². The summed E-state index contributed by atoms with van der Waals surface area (Å²) in [6.07, 6.45) is 0.807. The third-order valence-electron chi connectivity index (χ3n) is 6.00. The van der Waals surface area contributed by atoms with Crippen LogP contribution in [0.5, 0.6) is 5.75 Å². The maximum absolute atomic E-state index is 13.4. The number of anilines is 1. The zero-order chi connectivity index (χ0) is 24.6. The van der Waals surface area contributed by atoms with Gasteiger partial charge in [0.1, 0.15) is 11.7 Å². The number of para-hydroxylation sites is 1. The van der Waals surface area contributed by atoms with Crippen LogP contribution in [0.2, 0.25) is 0 Å². The number of Topliss-reactive ketones (excluding diaryl/α,β-unsaturated/α-hetero) is 2. The van der Waals surface area contributed by atoms with E-state index in [0.29, 0.717) is 21.9 Å². The Labute approximate surface area is 202 Å². The molecule has 2 atom stereocenters. The second kappa shape index (κ2) is 8.99. The quantitative estimate of drug-likeness (QED) is 0.281. The third kappa shape index (κ3) is 4.07. The van der Waals surface area contributed by atoms with E-state index in [1.807, 2.05) is 17.5 Å². The monoisotopic (exact) mass is 475 g/mol. The van der Waals surface area contributed by atoms with Crippen LogP contribution < -0.4 is 9.64 Å². The number of ether oxygens (including phenoxy) is 1. The van der Waals surface area contributed by atoms with Crippen LogP contribution in [0.3, 0.4) is 0 Å². The van der Waals surface area contributed by atoms with Crippen molar-refractivity contribution in [3.05, 3.63) is 70.4 Å². The average Bonchev–Trinajstić information content (AvgIpc) is 3.41. The molecule has 1 aromatic heterocycles. The Balaban J connectivity index is 1.82. The highest BCUT2D eigenvalue weighted by atomic mass is 32.1. The van der Waals surface area contributed by atoms with Gasteiger partial charge in [0, 0.05) is 16.7 Å². The van der Waals surface area contributed by atoms with Crippen molar-refractivity contribution >= 4 is 40.8 Å². The lowest BCUT2D eigenvalue weighted by Gasteiger charge is -2.30. The van der Waals surface area contributed by atoms with Gasteiger partial charge in [-0.25, -0.2) is 0 Å². The summed E-state index contributed by atoms with van der Waals surface area (Å²) in [7, 11) is 1.52. The number of aldehydes is 1. The molecule has 7 heteroatoms. The lowest BCUT2D eigenvalue weighted by molar-refractivity contribution is -0.141. The minimum absolute atomic E-state index is 0.291. The Bertz CT molecular complexity index is 1270. The molecule has 1 fully saturated rings. The number of nitrogens with zero attached hydrogens (tertiary/aromatic N) is 1. The first-order chi connectivity index (χ1) is 16.2.